The van der Waals surface area contributed by atoms with Crippen molar-refractivity contribution >= 4 is 30.5 Å². The van der Waals surface area contributed by atoms with Crippen molar-refractivity contribution in [2.24, 2.45) is 5.10 Å². The van der Waals surface area contributed by atoms with E-state index < -0.39 is 13.1 Å². The van der Waals surface area contributed by atoms with Gasteiger partial charge in [0.2, 0.25) is 0 Å². The summed E-state index contributed by atoms with van der Waals surface area (Å²) < 4.78 is 14.7. The SMILES string of the molecule is O=C(O)c1ccc(-n2cc(/C=N/Nc3ccc(F)cc3)c(-c3ccc(B(O)O)cc3)n2)cc1. The third-order valence-corrected chi connectivity index (χ3v) is 4.85. The molecule has 0 saturated heterocycles. The van der Waals surface area contributed by atoms with Gasteiger partial charge in [-0.25, -0.2) is 13.9 Å². The molecule has 10 heteroatoms. The molecule has 0 spiro atoms. The Labute approximate surface area is 188 Å². The number of aromatic nitrogens is 2. The summed E-state index contributed by atoms with van der Waals surface area (Å²) in [6, 6.07) is 18.6. The van der Waals surface area contributed by atoms with Crippen LogP contribution in [0.4, 0.5) is 10.1 Å². The number of hydrogen-bond acceptors (Lipinski definition) is 6. The molecule has 8 nitrogen and oxygen atoms in total. The highest BCUT2D eigenvalue weighted by atomic mass is 19.1. The van der Waals surface area contributed by atoms with Crippen molar-refractivity contribution in [3.05, 3.63) is 95.9 Å². The minimum Gasteiger partial charge on any atom is -0.478 e. The van der Waals surface area contributed by atoms with Crippen LogP contribution in [-0.2, 0) is 0 Å². The number of rotatable bonds is 7. The summed E-state index contributed by atoms with van der Waals surface area (Å²) >= 11 is 0. The number of halogens is 1. The quantitative estimate of drug-likeness (QED) is 0.198. The van der Waals surface area contributed by atoms with Gasteiger partial charge in [0, 0.05) is 17.3 Å². The highest BCUT2D eigenvalue weighted by molar-refractivity contribution is 6.58. The summed E-state index contributed by atoms with van der Waals surface area (Å²) in [5, 5.41) is 36.6. The van der Waals surface area contributed by atoms with Gasteiger partial charge in [0.1, 0.15) is 11.5 Å². The Morgan fingerprint density at radius 1 is 1.00 bits per heavy atom. The number of carboxylic acids is 1. The average molecular weight is 444 g/mol. The molecule has 0 fully saturated rings. The molecule has 33 heavy (non-hydrogen) atoms. The summed E-state index contributed by atoms with van der Waals surface area (Å²) in [7, 11) is -1.58. The van der Waals surface area contributed by atoms with Crippen LogP contribution in [0, 0.1) is 5.82 Å². The molecule has 0 unspecified atom stereocenters. The highest BCUT2D eigenvalue weighted by Crippen LogP contribution is 2.23. The summed E-state index contributed by atoms with van der Waals surface area (Å²) in [5.74, 6) is -1.37. The Balaban J connectivity index is 1.68. The number of anilines is 1. The number of carboxylic acid groups (broad SMARTS) is 1. The van der Waals surface area contributed by atoms with E-state index in [0.717, 1.165) is 0 Å². The predicted octanol–water partition coefficient (Wildman–Crippen LogP) is 2.50. The van der Waals surface area contributed by atoms with Gasteiger partial charge >= 0.3 is 13.1 Å². The molecule has 0 radical (unpaired) electrons. The predicted molar refractivity (Wildman–Crippen MR) is 123 cm³/mol. The molecule has 164 valence electrons. The first-order valence-corrected chi connectivity index (χ1v) is 9.85. The van der Waals surface area contributed by atoms with Crippen molar-refractivity contribution in [2.75, 3.05) is 5.43 Å². The van der Waals surface area contributed by atoms with E-state index in [-0.39, 0.29) is 11.4 Å². The molecule has 1 aromatic heterocycles. The van der Waals surface area contributed by atoms with Crippen molar-refractivity contribution in [3.8, 4) is 16.9 Å². The van der Waals surface area contributed by atoms with E-state index in [1.54, 1.807) is 65.6 Å². The fraction of sp³-hybridized carbons (Fsp3) is 0. The van der Waals surface area contributed by atoms with Crippen molar-refractivity contribution in [3.63, 3.8) is 0 Å². The fourth-order valence-electron chi connectivity index (χ4n) is 3.11. The number of aromatic carboxylic acids is 1. The van der Waals surface area contributed by atoms with Gasteiger partial charge in [-0.3, -0.25) is 5.43 Å². The van der Waals surface area contributed by atoms with E-state index in [9.17, 15) is 19.2 Å². The zero-order chi connectivity index (χ0) is 23.4. The molecule has 0 amide bonds. The first-order chi connectivity index (χ1) is 15.9. The van der Waals surface area contributed by atoms with Crippen LogP contribution >= 0.6 is 0 Å². The Morgan fingerprint density at radius 3 is 2.27 bits per heavy atom. The Hall–Kier alpha value is -4.28. The van der Waals surface area contributed by atoms with Gasteiger partial charge in [-0.2, -0.15) is 10.2 Å². The molecule has 4 N–H and O–H groups in total. The zero-order valence-corrected chi connectivity index (χ0v) is 17.1. The summed E-state index contributed by atoms with van der Waals surface area (Å²) in [5.41, 5.74) is 6.51. The molecular formula is C23H18BFN4O4. The summed E-state index contributed by atoms with van der Waals surface area (Å²) in [6.07, 6.45) is 3.29. The lowest BCUT2D eigenvalue weighted by Gasteiger charge is -2.03. The van der Waals surface area contributed by atoms with Gasteiger partial charge in [-0.1, -0.05) is 24.3 Å². The minimum atomic E-state index is -1.58. The maximum atomic E-state index is 13.1. The third kappa shape index (κ3) is 5.14. The maximum absolute atomic E-state index is 13.1. The number of carbonyl (C=O) groups is 1. The molecule has 4 aromatic rings. The largest absolute Gasteiger partial charge is 0.488 e. The Morgan fingerprint density at radius 2 is 1.67 bits per heavy atom. The molecule has 0 aliphatic heterocycles. The smallest absolute Gasteiger partial charge is 0.478 e. The number of nitrogens with zero attached hydrogens (tertiary/aromatic N) is 3. The molecular weight excluding hydrogens is 426 g/mol. The van der Waals surface area contributed by atoms with Crippen molar-refractivity contribution < 1.29 is 24.3 Å². The monoisotopic (exact) mass is 444 g/mol. The van der Waals surface area contributed by atoms with Crippen LogP contribution < -0.4 is 10.9 Å². The normalized spacial score (nSPS) is 11.0. The van der Waals surface area contributed by atoms with Crippen molar-refractivity contribution in [1.29, 1.82) is 0 Å². The minimum absolute atomic E-state index is 0.162. The van der Waals surface area contributed by atoms with Gasteiger partial charge < -0.3 is 15.2 Å². The lowest BCUT2D eigenvalue weighted by atomic mass is 9.80. The van der Waals surface area contributed by atoms with E-state index in [1.165, 1.54) is 24.3 Å². The summed E-state index contributed by atoms with van der Waals surface area (Å²) in [6.45, 7) is 0. The van der Waals surface area contributed by atoms with Crippen LogP contribution in [-0.4, -0.2) is 44.2 Å². The third-order valence-electron chi connectivity index (χ3n) is 4.85. The number of hydrogen-bond donors (Lipinski definition) is 4. The highest BCUT2D eigenvalue weighted by Gasteiger charge is 2.14. The van der Waals surface area contributed by atoms with Gasteiger partial charge in [0.25, 0.3) is 0 Å². The molecule has 4 rings (SSSR count). The molecule has 0 atom stereocenters. The fourth-order valence-corrected chi connectivity index (χ4v) is 3.11. The molecule has 0 aliphatic carbocycles. The van der Waals surface area contributed by atoms with Crippen molar-refractivity contribution in [1.82, 2.24) is 9.78 Å². The number of nitrogens with one attached hydrogen (secondary N) is 1. The molecule has 0 aliphatic rings. The topological polar surface area (TPSA) is 120 Å². The Bertz CT molecular complexity index is 1290. The first-order valence-electron chi connectivity index (χ1n) is 9.85. The first kappa shape index (κ1) is 21.9. The van der Waals surface area contributed by atoms with Crippen LogP contribution in [0.2, 0.25) is 0 Å². The maximum Gasteiger partial charge on any atom is 0.488 e. The van der Waals surface area contributed by atoms with Crippen LogP contribution in [0.1, 0.15) is 15.9 Å². The second-order valence-corrected chi connectivity index (χ2v) is 7.10. The van der Waals surface area contributed by atoms with Crippen LogP contribution in [0.25, 0.3) is 16.9 Å². The van der Waals surface area contributed by atoms with E-state index in [4.69, 9.17) is 5.11 Å². The zero-order valence-electron chi connectivity index (χ0n) is 17.1. The van der Waals surface area contributed by atoms with E-state index in [1.807, 2.05) is 0 Å². The number of benzene rings is 3. The van der Waals surface area contributed by atoms with Crippen LogP contribution in [0.3, 0.4) is 0 Å². The lowest BCUT2D eigenvalue weighted by molar-refractivity contribution is 0.0697. The van der Waals surface area contributed by atoms with Gasteiger partial charge in [0.05, 0.1) is 23.2 Å². The van der Waals surface area contributed by atoms with Gasteiger partial charge in [0.15, 0.2) is 0 Å². The van der Waals surface area contributed by atoms with E-state index >= 15 is 0 Å². The standard InChI is InChI=1S/C23H18BFN4O4/c25-19-7-9-20(10-8-19)27-26-13-17-14-29(21-11-3-16(4-12-21)23(30)31)28-22(17)15-1-5-18(6-2-15)24(32)33/h1-14,27,32-33H,(H,30,31)/b26-13+. The second kappa shape index (κ2) is 9.47. The second-order valence-electron chi connectivity index (χ2n) is 7.10. The lowest BCUT2D eigenvalue weighted by Crippen LogP contribution is -2.29. The van der Waals surface area contributed by atoms with Crippen LogP contribution in [0.5, 0.6) is 0 Å². The number of hydrazone groups is 1. The Kier molecular flexibility index (Phi) is 6.30. The molecule has 1 heterocycles. The summed E-state index contributed by atoms with van der Waals surface area (Å²) in [4.78, 5) is 11.1. The molecule has 0 bridgehead atoms. The van der Waals surface area contributed by atoms with Crippen molar-refractivity contribution in [2.45, 2.75) is 0 Å². The molecule has 3 aromatic carbocycles. The van der Waals surface area contributed by atoms with Crippen LogP contribution in [0.15, 0.2) is 84.1 Å². The van der Waals surface area contributed by atoms with Gasteiger partial charge in [-0.05, 0) is 54.0 Å². The molecule has 0 saturated carbocycles. The van der Waals surface area contributed by atoms with E-state index in [0.29, 0.717) is 33.7 Å². The van der Waals surface area contributed by atoms with Gasteiger partial charge in [-0.15, -0.1) is 0 Å². The van der Waals surface area contributed by atoms with E-state index in [2.05, 4.69) is 15.6 Å². The average Bonchev–Trinajstić information content (AvgIpc) is 3.24.